The Morgan fingerprint density at radius 1 is 0.857 bits per heavy atom. The van der Waals surface area contributed by atoms with E-state index < -0.39 is 24.3 Å². The Labute approximate surface area is 161 Å². The van der Waals surface area contributed by atoms with Crippen molar-refractivity contribution in [1.29, 1.82) is 0 Å². The molecule has 0 saturated heterocycles. The number of ether oxygens (including phenoxy) is 2. The first kappa shape index (κ1) is 19.1. The fourth-order valence-corrected chi connectivity index (χ4v) is 2.46. The Morgan fingerprint density at radius 2 is 1.54 bits per heavy atom. The highest BCUT2D eigenvalue weighted by atomic mass is 19.1. The van der Waals surface area contributed by atoms with Gasteiger partial charge in [0.2, 0.25) is 0 Å². The summed E-state index contributed by atoms with van der Waals surface area (Å²) < 4.78 is 23.7. The molecule has 0 saturated carbocycles. The molecule has 3 rings (SSSR count). The summed E-state index contributed by atoms with van der Waals surface area (Å²) >= 11 is 0. The van der Waals surface area contributed by atoms with Gasteiger partial charge in [0.1, 0.15) is 18.2 Å². The van der Waals surface area contributed by atoms with Gasteiger partial charge in [-0.2, -0.15) is 0 Å². The molecule has 1 amide bonds. The minimum atomic E-state index is -0.624. The number of halogens is 1. The summed E-state index contributed by atoms with van der Waals surface area (Å²) in [5.74, 6) is -0.859. The van der Waals surface area contributed by atoms with E-state index in [2.05, 4.69) is 5.32 Å². The molecule has 0 fully saturated rings. The minimum Gasteiger partial charge on any atom is -0.489 e. The third-order valence-corrected chi connectivity index (χ3v) is 3.84. The maximum atomic E-state index is 12.9. The van der Waals surface area contributed by atoms with Crippen molar-refractivity contribution >= 4 is 17.6 Å². The van der Waals surface area contributed by atoms with Crippen molar-refractivity contribution in [3.63, 3.8) is 0 Å². The number of hydrogen-bond donors (Lipinski definition) is 1. The molecule has 0 bridgehead atoms. The SMILES string of the molecule is O=C(COC(=O)c1ccccc1COc1ccccc1)Nc1ccc(F)cc1. The molecule has 0 unspecified atom stereocenters. The average Bonchev–Trinajstić information content (AvgIpc) is 2.73. The number of nitrogens with one attached hydrogen (secondary N) is 1. The number of benzene rings is 3. The molecule has 0 aliphatic carbocycles. The van der Waals surface area contributed by atoms with Crippen molar-refractivity contribution in [2.45, 2.75) is 6.61 Å². The zero-order valence-corrected chi connectivity index (χ0v) is 14.9. The van der Waals surface area contributed by atoms with Crippen LogP contribution in [0, 0.1) is 5.82 Å². The zero-order valence-electron chi connectivity index (χ0n) is 14.9. The van der Waals surface area contributed by atoms with Crippen LogP contribution in [-0.2, 0) is 16.1 Å². The van der Waals surface area contributed by atoms with E-state index in [1.165, 1.54) is 24.3 Å². The Bertz CT molecular complexity index is 942. The predicted octanol–water partition coefficient (Wildman–Crippen LogP) is 4.20. The van der Waals surface area contributed by atoms with E-state index in [1.807, 2.05) is 30.3 Å². The fraction of sp³-hybridized carbons (Fsp3) is 0.0909. The van der Waals surface area contributed by atoms with Crippen LogP contribution in [-0.4, -0.2) is 18.5 Å². The van der Waals surface area contributed by atoms with Crippen LogP contribution < -0.4 is 10.1 Å². The highest BCUT2D eigenvalue weighted by Gasteiger charge is 2.15. The number of anilines is 1. The van der Waals surface area contributed by atoms with Crippen molar-refractivity contribution in [2.24, 2.45) is 0 Å². The molecule has 0 atom stereocenters. The second-order valence-electron chi connectivity index (χ2n) is 5.89. The number of para-hydroxylation sites is 1. The third-order valence-electron chi connectivity index (χ3n) is 3.84. The van der Waals surface area contributed by atoms with Gasteiger partial charge in [-0.05, 0) is 42.5 Å². The molecular weight excluding hydrogens is 361 g/mol. The zero-order chi connectivity index (χ0) is 19.8. The number of carbonyl (C=O) groups is 2. The van der Waals surface area contributed by atoms with Crippen LogP contribution in [0.25, 0.3) is 0 Å². The molecular formula is C22H18FNO4. The second-order valence-corrected chi connectivity index (χ2v) is 5.89. The molecule has 142 valence electrons. The highest BCUT2D eigenvalue weighted by molar-refractivity contribution is 5.96. The van der Waals surface area contributed by atoms with Gasteiger partial charge in [0, 0.05) is 11.3 Å². The number of rotatable bonds is 7. The summed E-state index contributed by atoms with van der Waals surface area (Å²) in [6, 6.07) is 21.4. The monoisotopic (exact) mass is 379 g/mol. The Hall–Kier alpha value is -3.67. The third kappa shape index (κ3) is 5.41. The van der Waals surface area contributed by atoms with E-state index in [0.29, 0.717) is 22.6 Å². The van der Waals surface area contributed by atoms with Gasteiger partial charge in [0.15, 0.2) is 6.61 Å². The smallest absolute Gasteiger partial charge is 0.339 e. The topological polar surface area (TPSA) is 64.6 Å². The maximum absolute atomic E-state index is 12.9. The fourth-order valence-electron chi connectivity index (χ4n) is 2.46. The molecule has 5 nitrogen and oxygen atoms in total. The quantitative estimate of drug-likeness (QED) is 0.625. The summed E-state index contributed by atoms with van der Waals surface area (Å²) in [6.07, 6.45) is 0. The average molecular weight is 379 g/mol. The summed E-state index contributed by atoms with van der Waals surface area (Å²) in [5.41, 5.74) is 1.39. The van der Waals surface area contributed by atoms with E-state index in [-0.39, 0.29) is 6.61 Å². The number of hydrogen-bond acceptors (Lipinski definition) is 4. The number of amides is 1. The summed E-state index contributed by atoms with van der Waals surface area (Å²) in [4.78, 5) is 24.3. The van der Waals surface area contributed by atoms with Gasteiger partial charge in [-0.1, -0.05) is 36.4 Å². The summed E-state index contributed by atoms with van der Waals surface area (Å²) in [6.45, 7) is -0.263. The minimum absolute atomic E-state index is 0.192. The lowest BCUT2D eigenvalue weighted by Crippen LogP contribution is -2.21. The van der Waals surface area contributed by atoms with Crippen LogP contribution >= 0.6 is 0 Å². The van der Waals surface area contributed by atoms with Gasteiger partial charge in [-0.3, -0.25) is 4.79 Å². The molecule has 1 N–H and O–H groups in total. The van der Waals surface area contributed by atoms with Crippen molar-refractivity contribution in [2.75, 3.05) is 11.9 Å². The molecule has 0 spiro atoms. The Morgan fingerprint density at radius 3 is 2.29 bits per heavy atom. The first-order valence-electron chi connectivity index (χ1n) is 8.60. The largest absolute Gasteiger partial charge is 0.489 e. The second kappa shape index (κ2) is 9.32. The van der Waals surface area contributed by atoms with Crippen LogP contribution in [0.5, 0.6) is 5.75 Å². The maximum Gasteiger partial charge on any atom is 0.339 e. The lowest BCUT2D eigenvalue weighted by atomic mass is 10.1. The van der Waals surface area contributed by atoms with E-state index in [0.717, 1.165) is 0 Å². The molecule has 28 heavy (non-hydrogen) atoms. The predicted molar refractivity (Wildman–Crippen MR) is 103 cm³/mol. The highest BCUT2D eigenvalue weighted by Crippen LogP contribution is 2.16. The number of esters is 1. The molecule has 0 aliphatic rings. The van der Waals surface area contributed by atoms with Crippen LogP contribution in [0.2, 0.25) is 0 Å². The van der Waals surface area contributed by atoms with Gasteiger partial charge in [-0.25, -0.2) is 9.18 Å². The van der Waals surface area contributed by atoms with Crippen molar-refractivity contribution < 1.29 is 23.5 Å². The van der Waals surface area contributed by atoms with E-state index in [4.69, 9.17) is 9.47 Å². The van der Waals surface area contributed by atoms with Gasteiger partial charge in [0.25, 0.3) is 5.91 Å². The van der Waals surface area contributed by atoms with E-state index >= 15 is 0 Å². The standard InChI is InChI=1S/C22H18FNO4/c23-17-10-12-18(13-11-17)24-21(25)15-28-22(26)20-9-5-4-6-16(20)14-27-19-7-2-1-3-8-19/h1-13H,14-15H2,(H,24,25). The van der Waals surface area contributed by atoms with Crippen LogP contribution in [0.3, 0.4) is 0 Å². The first-order valence-corrected chi connectivity index (χ1v) is 8.60. The van der Waals surface area contributed by atoms with Gasteiger partial charge in [0.05, 0.1) is 5.56 Å². The van der Waals surface area contributed by atoms with Crippen molar-refractivity contribution in [1.82, 2.24) is 0 Å². The Balaban J connectivity index is 1.56. The lowest BCUT2D eigenvalue weighted by Gasteiger charge is -2.11. The molecule has 0 radical (unpaired) electrons. The molecule has 3 aromatic carbocycles. The first-order chi connectivity index (χ1) is 13.6. The molecule has 0 aromatic heterocycles. The van der Waals surface area contributed by atoms with Gasteiger partial charge < -0.3 is 14.8 Å². The Kier molecular flexibility index (Phi) is 6.36. The summed E-state index contributed by atoms with van der Waals surface area (Å²) in [7, 11) is 0. The van der Waals surface area contributed by atoms with Crippen LogP contribution in [0.15, 0.2) is 78.9 Å². The lowest BCUT2D eigenvalue weighted by molar-refractivity contribution is -0.119. The normalized spacial score (nSPS) is 10.2. The van der Waals surface area contributed by atoms with Gasteiger partial charge in [-0.15, -0.1) is 0 Å². The molecule has 6 heteroatoms. The van der Waals surface area contributed by atoms with Crippen LogP contribution in [0.1, 0.15) is 15.9 Å². The van der Waals surface area contributed by atoms with E-state index in [1.54, 1.807) is 24.3 Å². The number of carbonyl (C=O) groups excluding carboxylic acids is 2. The molecule has 3 aromatic rings. The van der Waals surface area contributed by atoms with Crippen molar-refractivity contribution in [3.05, 3.63) is 95.8 Å². The van der Waals surface area contributed by atoms with E-state index in [9.17, 15) is 14.0 Å². The molecule has 0 aliphatic heterocycles. The van der Waals surface area contributed by atoms with Crippen molar-refractivity contribution in [3.8, 4) is 5.75 Å². The summed E-state index contributed by atoms with van der Waals surface area (Å²) in [5, 5.41) is 2.53. The van der Waals surface area contributed by atoms with Crippen LogP contribution in [0.4, 0.5) is 10.1 Å². The van der Waals surface area contributed by atoms with Gasteiger partial charge >= 0.3 is 5.97 Å². The molecule has 0 heterocycles.